The Kier molecular flexibility index (Phi) is 5.11. The minimum Gasteiger partial charge on any atom is -0.311 e. The van der Waals surface area contributed by atoms with Crippen molar-refractivity contribution in [2.75, 3.05) is 13.1 Å². The molecule has 0 aromatic carbocycles. The number of rotatable bonds is 4. The summed E-state index contributed by atoms with van der Waals surface area (Å²) in [5.41, 5.74) is 1.11. The zero-order valence-corrected chi connectivity index (χ0v) is 12.8. The molecule has 1 saturated heterocycles. The van der Waals surface area contributed by atoms with Crippen LogP contribution in [0.5, 0.6) is 0 Å². The molecule has 1 aliphatic rings. The first-order valence-corrected chi connectivity index (χ1v) is 7.52. The standard InChI is InChI=1S/C16H26FN3/c1-16(2,3)19-11-15-6-4-5-7-20(15)12-13-8-14(17)10-18-9-13/h8-10,15,19H,4-7,11-12H2,1-3H3. The van der Waals surface area contributed by atoms with E-state index in [0.29, 0.717) is 6.04 Å². The van der Waals surface area contributed by atoms with Crippen LogP contribution in [0.2, 0.25) is 0 Å². The number of pyridine rings is 1. The fraction of sp³-hybridized carbons (Fsp3) is 0.688. The van der Waals surface area contributed by atoms with Gasteiger partial charge >= 0.3 is 0 Å². The Balaban J connectivity index is 1.96. The van der Waals surface area contributed by atoms with Crippen molar-refractivity contribution in [3.8, 4) is 0 Å². The molecule has 2 rings (SSSR count). The molecule has 0 aliphatic carbocycles. The van der Waals surface area contributed by atoms with Gasteiger partial charge in [0, 0.05) is 30.9 Å². The van der Waals surface area contributed by atoms with Gasteiger partial charge in [0.2, 0.25) is 0 Å². The van der Waals surface area contributed by atoms with Crippen LogP contribution in [0.1, 0.15) is 45.6 Å². The van der Waals surface area contributed by atoms with Crippen LogP contribution in [-0.2, 0) is 6.54 Å². The van der Waals surface area contributed by atoms with Crippen LogP contribution in [0.25, 0.3) is 0 Å². The second kappa shape index (κ2) is 6.64. The normalized spacial score (nSPS) is 21.1. The molecule has 1 aliphatic heterocycles. The highest BCUT2D eigenvalue weighted by atomic mass is 19.1. The van der Waals surface area contributed by atoms with Crippen LogP contribution < -0.4 is 5.32 Å². The summed E-state index contributed by atoms with van der Waals surface area (Å²) >= 11 is 0. The average Bonchev–Trinajstić information content (AvgIpc) is 2.37. The zero-order chi connectivity index (χ0) is 14.6. The molecule has 0 spiro atoms. The van der Waals surface area contributed by atoms with Gasteiger partial charge in [0.1, 0.15) is 5.82 Å². The second-order valence-electron chi connectivity index (χ2n) is 6.76. The van der Waals surface area contributed by atoms with Gasteiger partial charge in [-0.2, -0.15) is 0 Å². The van der Waals surface area contributed by atoms with Crippen molar-refractivity contribution in [2.45, 2.75) is 58.2 Å². The number of halogens is 1. The van der Waals surface area contributed by atoms with Crippen LogP contribution in [0, 0.1) is 5.82 Å². The Morgan fingerprint density at radius 1 is 1.35 bits per heavy atom. The summed E-state index contributed by atoms with van der Waals surface area (Å²) in [5.74, 6) is -0.246. The number of nitrogens with zero attached hydrogens (tertiary/aromatic N) is 2. The summed E-state index contributed by atoms with van der Waals surface area (Å²) in [6, 6.07) is 2.13. The molecule has 0 bridgehead atoms. The maximum absolute atomic E-state index is 13.2. The van der Waals surface area contributed by atoms with Crippen molar-refractivity contribution < 1.29 is 4.39 Å². The van der Waals surface area contributed by atoms with Gasteiger partial charge in [0.25, 0.3) is 0 Å². The Bertz CT molecular complexity index is 428. The Labute approximate surface area is 121 Å². The highest BCUT2D eigenvalue weighted by molar-refractivity contribution is 5.10. The van der Waals surface area contributed by atoms with E-state index in [1.165, 1.54) is 25.5 Å². The summed E-state index contributed by atoms with van der Waals surface area (Å²) in [4.78, 5) is 6.40. The Morgan fingerprint density at radius 3 is 2.85 bits per heavy atom. The van der Waals surface area contributed by atoms with E-state index in [4.69, 9.17) is 0 Å². The molecule has 0 saturated carbocycles. The quantitative estimate of drug-likeness (QED) is 0.918. The lowest BCUT2D eigenvalue weighted by atomic mass is 10.00. The third-order valence-corrected chi connectivity index (χ3v) is 3.76. The molecule has 1 unspecified atom stereocenters. The van der Waals surface area contributed by atoms with Crippen LogP contribution in [0.15, 0.2) is 18.5 Å². The fourth-order valence-electron chi connectivity index (χ4n) is 2.70. The van der Waals surface area contributed by atoms with Crippen LogP contribution in [0.4, 0.5) is 4.39 Å². The number of hydrogen-bond acceptors (Lipinski definition) is 3. The summed E-state index contributed by atoms with van der Waals surface area (Å²) in [6.07, 6.45) is 6.76. The lowest BCUT2D eigenvalue weighted by Gasteiger charge is -2.37. The highest BCUT2D eigenvalue weighted by Crippen LogP contribution is 2.20. The van der Waals surface area contributed by atoms with Gasteiger partial charge in [0.15, 0.2) is 0 Å². The van der Waals surface area contributed by atoms with E-state index in [2.05, 4.69) is 36.0 Å². The molecule has 1 atom stereocenters. The summed E-state index contributed by atoms with van der Waals surface area (Å²) in [5, 5.41) is 3.59. The van der Waals surface area contributed by atoms with E-state index >= 15 is 0 Å². The largest absolute Gasteiger partial charge is 0.311 e. The minimum absolute atomic E-state index is 0.142. The maximum atomic E-state index is 13.2. The third-order valence-electron chi connectivity index (χ3n) is 3.76. The summed E-state index contributed by atoms with van der Waals surface area (Å²) < 4.78 is 13.2. The van der Waals surface area contributed by atoms with Gasteiger partial charge < -0.3 is 5.32 Å². The average molecular weight is 279 g/mol. The predicted molar refractivity (Wildman–Crippen MR) is 80.0 cm³/mol. The van der Waals surface area contributed by atoms with Gasteiger partial charge in [-0.3, -0.25) is 9.88 Å². The molecule has 1 aromatic heterocycles. The number of nitrogens with one attached hydrogen (secondary N) is 1. The molecule has 0 amide bonds. The van der Waals surface area contributed by atoms with Crippen molar-refractivity contribution in [3.05, 3.63) is 29.8 Å². The van der Waals surface area contributed by atoms with E-state index in [-0.39, 0.29) is 11.4 Å². The van der Waals surface area contributed by atoms with Gasteiger partial charge in [-0.1, -0.05) is 6.42 Å². The zero-order valence-electron chi connectivity index (χ0n) is 12.8. The van der Waals surface area contributed by atoms with E-state index in [9.17, 15) is 4.39 Å². The number of likely N-dealkylation sites (tertiary alicyclic amines) is 1. The number of aromatic nitrogens is 1. The maximum Gasteiger partial charge on any atom is 0.141 e. The van der Waals surface area contributed by atoms with E-state index < -0.39 is 0 Å². The molecule has 0 radical (unpaired) electrons. The van der Waals surface area contributed by atoms with Gasteiger partial charge in [0.05, 0.1) is 6.20 Å². The first-order chi connectivity index (χ1) is 9.44. The SMILES string of the molecule is CC(C)(C)NCC1CCCCN1Cc1cncc(F)c1. The molecule has 2 heterocycles. The molecular formula is C16H26FN3. The molecular weight excluding hydrogens is 253 g/mol. The topological polar surface area (TPSA) is 28.2 Å². The molecule has 20 heavy (non-hydrogen) atoms. The lowest BCUT2D eigenvalue weighted by Crippen LogP contribution is -2.49. The van der Waals surface area contributed by atoms with Gasteiger partial charge in [-0.05, 0) is 51.8 Å². The van der Waals surface area contributed by atoms with E-state index in [0.717, 1.165) is 25.2 Å². The molecule has 1 N–H and O–H groups in total. The Morgan fingerprint density at radius 2 is 2.15 bits per heavy atom. The smallest absolute Gasteiger partial charge is 0.141 e. The van der Waals surface area contributed by atoms with Crippen LogP contribution in [-0.4, -0.2) is 34.6 Å². The van der Waals surface area contributed by atoms with Crippen LogP contribution in [0.3, 0.4) is 0 Å². The van der Waals surface area contributed by atoms with E-state index in [1.54, 1.807) is 12.3 Å². The van der Waals surface area contributed by atoms with Crippen molar-refractivity contribution in [2.24, 2.45) is 0 Å². The van der Waals surface area contributed by atoms with E-state index in [1.807, 2.05) is 0 Å². The molecule has 112 valence electrons. The predicted octanol–water partition coefficient (Wildman–Crippen LogP) is 2.96. The Hall–Kier alpha value is -1.00. The van der Waals surface area contributed by atoms with Crippen molar-refractivity contribution in [1.82, 2.24) is 15.2 Å². The first kappa shape index (κ1) is 15.4. The summed E-state index contributed by atoms with van der Waals surface area (Å²) in [6.45, 7) is 9.45. The molecule has 4 heteroatoms. The van der Waals surface area contributed by atoms with Crippen molar-refractivity contribution in [1.29, 1.82) is 0 Å². The lowest BCUT2D eigenvalue weighted by molar-refractivity contribution is 0.131. The fourth-order valence-corrected chi connectivity index (χ4v) is 2.70. The molecule has 1 aromatic rings. The first-order valence-electron chi connectivity index (χ1n) is 7.52. The van der Waals surface area contributed by atoms with Gasteiger partial charge in [-0.25, -0.2) is 4.39 Å². The van der Waals surface area contributed by atoms with Crippen LogP contribution >= 0.6 is 0 Å². The minimum atomic E-state index is -0.246. The monoisotopic (exact) mass is 279 g/mol. The third kappa shape index (κ3) is 4.84. The summed E-state index contributed by atoms with van der Waals surface area (Å²) in [7, 11) is 0. The number of hydrogen-bond donors (Lipinski definition) is 1. The molecule has 3 nitrogen and oxygen atoms in total. The van der Waals surface area contributed by atoms with Crippen molar-refractivity contribution >= 4 is 0 Å². The van der Waals surface area contributed by atoms with Crippen molar-refractivity contribution in [3.63, 3.8) is 0 Å². The number of piperidine rings is 1. The van der Waals surface area contributed by atoms with Gasteiger partial charge in [-0.15, -0.1) is 0 Å². The highest BCUT2D eigenvalue weighted by Gasteiger charge is 2.23. The molecule has 1 fully saturated rings. The second-order valence-corrected chi connectivity index (χ2v) is 6.76.